The molecule has 0 saturated carbocycles. The highest BCUT2D eigenvalue weighted by Gasteiger charge is 2.44. The third-order valence-corrected chi connectivity index (χ3v) is 12.9. The summed E-state index contributed by atoms with van der Waals surface area (Å²) in [6.45, 7) is 3.65. The number of unbranched alkanes of at least 4 members (excludes halogenated alkanes) is 25. The normalized spacial score (nSPS) is 20.1. The monoisotopic (exact) mass is 968 g/mol. The van der Waals surface area contributed by atoms with Crippen molar-refractivity contribution in [2.24, 2.45) is 0 Å². The van der Waals surface area contributed by atoms with E-state index < -0.39 is 49.5 Å². The van der Waals surface area contributed by atoms with Crippen molar-refractivity contribution in [1.82, 2.24) is 5.32 Å². The van der Waals surface area contributed by atoms with Crippen LogP contribution in [-0.4, -0.2) is 87.5 Å². The summed E-state index contributed by atoms with van der Waals surface area (Å²) in [6, 6.07) is -0.836. The molecule has 6 N–H and O–H groups in total. The van der Waals surface area contributed by atoms with Gasteiger partial charge < -0.3 is 40.3 Å². The number of amides is 1. The fraction of sp³-hybridized carbons (Fsp3) is 0.750. The average molecular weight is 968 g/mol. The lowest BCUT2D eigenvalue weighted by atomic mass is 9.99. The first kappa shape index (κ1) is 64.4. The molecule has 69 heavy (non-hydrogen) atoms. The van der Waals surface area contributed by atoms with E-state index in [1.54, 1.807) is 6.08 Å². The molecule has 9 heteroatoms. The zero-order valence-corrected chi connectivity index (χ0v) is 44.0. The van der Waals surface area contributed by atoms with Crippen molar-refractivity contribution in [1.29, 1.82) is 0 Å². The van der Waals surface area contributed by atoms with Gasteiger partial charge >= 0.3 is 0 Å². The second kappa shape index (κ2) is 49.0. The largest absolute Gasteiger partial charge is 0.394 e. The first-order chi connectivity index (χ1) is 33.8. The van der Waals surface area contributed by atoms with Gasteiger partial charge in [-0.1, -0.05) is 227 Å². The minimum atomic E-state index is -1.58. The number of aliphatic hydroxyl groups is 5. The van der Waals surface area contributed by atoms with Crippen LogP contribution in [0.25, 0.3) is 0 Å². The van der Waals surface area contributed by atoms with Crippen LogP contribution in [0, 0.1) is 0 Å². The lowest BCUT2D eigenvalue weighted by Gasteiger charge is -2.40. The third kappa shape index (κ3) is 38.7. The number of carbonyl (C=O) groups excluding carboxylic acids is 1. The summed E-state index contributed by atoms with van der Waals surface area (Å²) in [5.41, 5.74) is 0. The van der Waals surface area contributed by atoms with Gasteiger partial charge in [-0.05, 0) is 83.5 Å². The van der Waals surface area contributed by atoms with E-state index in [4.69, 9.17) is 9.47 Å². The van der Waals surface area contributed by atoms with Crippen molar-refractivity contribution in [2.45, 2.75) is 275 Å². The Bertz CT molecular complexity index is 1350. The predicted molar refractivity (Wildman–Crippen MR) is 290 cm³/mol. The molecule has 1 rings (SSSR count). The lowest BCUT2D eigenvalue weighted by molar-refractivity contribution is -0.302. The van der Waals surface area contributed by atoms with Gasteiger partial charge in [-0.3, -0.25) is 4.79 Å². The summed E-state index contributed by atoms with van der Waals surface area (Å²) < 4.78 is 11.2. The fourth-order valence-corrected chi connectivity index (χ4v) is 8.47. The molecule has 9 nitrogen and oxygen atoms in total. The fourth-order valence-electron chi connectivity index (χ4n) is 8.47. The van der Waals surface area contributed by atoms with Crippen molar-refractivity contribution < 1.29 is 39.8 Å². The lowest BCUT2D eigenvalue weighted by Crippen LogP contribution is -2.60. The van der Waals surface area contributed by atoms with E-state index in [1.165, 1.54) is 128 Å². The first-order valence-electron chi connectivity index (χ1n) is 28.3. The second-order valence-electron chi connectivity index (χ2n) is 19.3. The molecule has 1 amide bonds. The number of rotatable bonds is 47. The summed E-state index contributed by atoms with van der Waals surface area (Å²) in [7, 11) is 0. The standard InChI is InChI=1S/C60H105NO8/c1-3-5-7-9-11-13-15-17-19-21-23-25-27-29-31-33-35-37-39-41-43-45-47-49-54(63)53(52-68-60-59(67)58(66)57(65)55(51-62)69-60)61-56(64)50-48-46-44-42-40-38-36-34-32-30-28-26-24-22-20-18-16-14-12-10-8-6-4-2/h6,8,12,14,18,20,24,26,31,33,39,41,47,49,53-55,57-60,62-63,65-67H,3-5,7,9-11,13,15-17,19,21-23,25,27-30,32,34-38,40,42-46,48,50-52H2,1-2H3,(H,61,64)/b8-6-,14-12-,20-18-,26-24-,33-31+,41-39+,49-47+. The Balaban J connectivity index is 2.29. The van der Waals surface area contributed by atoms with Gasteiger partial charge in [0.05, 0.1) is 25.4 Å². The van der Waals surface area contributed by atoms with E-state index in [2.05, 4.69) is 92.1 Å². The molecule has 0 aliphatic carbocycles. The Morgan fingerprint density at radius 3 is 1.39 bits per heavy atom. The van der Waals surface area contributed by atoms with Gasteiger partial charge in [0, 0.05) is 6.42 Å². The maximum atomic E-state index is 13.0. The Morgan fingerprint density at radius 2 is 0.913 bits per heavy atom. The van der Waals surface area contributed by atoms with Gasteiger partial charge in [-0.25, -0.2) is 0 Å². The summed E-state index contributed by atoms with van der Waals surface area (Å²) in [4.78, 5) is 13.0. The Kier molecular flexibility index (Phi) is 45.7. The second-order valence-corrected chi connectivity index (χ2v) is 19.3. The summed E-state index contributed by atoms with van der Waals surface area (Å²) in [6.07, 6.45) is 62.1. The Labute approximate surface area is 422 Å². The minimum absolute atomic E-state index is 0.198. The molecule has 1 heterocycles. The quantitative estimate of drug-likeness (QED) is 0.0261. The van der Waals surface area contributed by atoms with Gasteiger partial charge in [-0.2, -0.15) is 0 Å². The van der Waals surface area contributed by atoms with Gasteiger partial charge in [0.2, 0.25) is 5.91 Å². The topological polar surface area (TPSA) is 149 Å². The van der Waals surface area contributed by atoms with Gasteiger partial charge in [-0.15, -0.1) is 0 Å². The number of nitrogens with one attached hydrogen (secondary N) is 1. The van der Waals surface area contributed by atoms with Crippen LogP contribution < -0.4 is 5.32 Å². The van der Waals surface area contributed by atoms with Crippen molar-refractivity contribution >= 4 is 5.91 Å². The number of aliphatic hydroxyl groups excluding tert-OH is 5. The van der Waals surface area contributed by atoms with E-state index in [1.807, 2.05) is 6.08 Å². The van der Waals surface area contributed by atoms with Crippen LogP contribution in [0.2, 0.25) is 0 Å². The molecule has 0 aromatic heterocycles. The predicted octanol–water partition coefficient (Wildman–Crippen LogP) is 13.8. The van der Waals surface area contributed by atoms with Crippen LogP contribution >= 0.6 is 0 Å². The molecule has 398 valence electrons. The van der Waals surface area contributed by atoms with Crippen LogP contribution in [0.3, 0.4) is 0 Å². The summed E-state index contributed by atoms with van der Waals surface area (Å²) >= 11 is 0. The van der Waals surface area contributed by atoms with Gasteiger partial charge in [0.25, 0.3) is 0 Å². The van der Waals surface area contributed by atoms with E-state index >= 15 is 0 Å². The molecule has 1 aliphatic heterocycles. The molecule has 7 unspecified atom stereocenters. The number of ether oxygens (including phenoxy) is 2. The van der Waals surface area contributed by atoms with Gasteiger partial charge in [0.15, 0.2) is 6.29 Å². The van der Waals surface area contributed by atoms with Crippen LogP contribution in [0.4, 0.5) is 0 Å². The van der Waals surface area contributed by atoms with Crippen LogP contribution in [0.1, 0.15) is 232 Å². The van der Waals surface area contributed by atoms with Crippen molar-refractivity contribution in [3.05, 3.63) is 85.1 Å². The van der Waals surface area contributed by atoms with E-state index in [0.717, 1.165) is 83.5 Å². The highest BCUT2D eigenvalue weighted by Crippen LogP contribution is 2.23. The maximum Gasteiger partial charge on any atom is 0.220 e. The summed E-state index contributed by atoms with van der Waals surface area (Å²) in [5, 5.41) is 54.5. The highest BCUT2D eigenvalue weighted by atomic mass is 16.7. The molecule has 0 radical (unpaired) electrons. The molecule has 1 saturated heterocycles. The van der Waals surface area contributed by atoms with Crippen molar-refractivity contribution in [3.63, 3.8) is 0 Å². The maximum absolute atomic E-state index is 13.0. The third-order valence-electron chi connectivity index (χ3n) is 12.9. The van der Waals surface area contributed by atoms with Gasteiger partial charge in [0.1, 0.15) is 24.4 Å². The average Bonchev–Trinajstić information content (AvgIpc) is 3.35. The number of hydrogen-bond acceptors (Lipinski definition) is 8. The molecule has 7 atom stereocenters. The Hall–Kier alpha value is -2.63. The van der Waals surface area contributed by atoms with E-state index in [9.17, 15) is 30.3 Å². The Morgan fingerprint density at radius 1 is 0.507 bits per heavy atom. The molecule has 1 fully saturated rings. The van der Waals surface area contributed by atoms with E-state index in [0.29, 0.717) is 6.42 Å². The molecule has 1 aliphatic rings. The highest BCUT2D eigenvalue weighted by molar-refractivity contribution is 5.76. The zero-order chi connectivity index (χ0) is 50.1. The molecular weight excluding hydrogens is 863 g/mol. The van der Waals surface area contributed by atoms with Crippen molar-refractivity contribution in [3.8, 4) is 0 Å². The SMILES string of the molecule is CC/C=C\C/C=C\C/C=C\C/C=C\CCCCCCCCCCCCC(=O)NC(COC1OC(CO)C(O)C(O)C1O)C(O)/C=C/CC/C=C/CC/C=C/CCCCCCCCCCCCCCC. The molecular formula is C60H105NO8. The number of carbonyl (C=O) groups is 1. The molecule has 0 spiro atoms. The zero-order valence-electron chi connectivity index (χ0n) is 44.0. The number of allylic oxidation sites excluding steroid dienone is 13. The molecule has 0 aromatic carbocycles. The first-order valence-corrected chi connectivity index (χ1v) is 28.3. The van der Waals surface area contributed by atoms with Crippen LogP contribution in [0.5, 0.6) is 0 Å². The smallest absolute Gasteiger partial charge is 0.220 e. The minimum Gasteiger partial charge on any atom is -0.394 e. The van der Waals surface area contributed by atoms with Crippen LogP contribution in [-0.2, 0) is 14.3 Å². The molecule has 0 aromatic rings. The summed E-state index contributed by atoms with van der Waals surface area (Å²) in [5.74, 6) is -0.198. The number of hydrogen-bond donors (Lipinski definition) is 6. The molecule has 0 bridgehead atoms. The van der Waals surface area contributed by atoms with Crippen molar-refractivity contribution in [2.75, 3.05) is 13.2 Å². The van der Waals surface area contributed by atoms with Crippen LogP contribution in [0.15, 0.2) is 85.1 Å². The van der Waals surface area contributed by atoms with E-state index in [-0.39, 0.29) is 12.5 Å².